The number of hydrogen-bond donors (Lipinski definition) is 1. The molecule has 0 aliphatic carbocycles. The van der Waals surface area contributed by atoms with Gasteiger partial charge >= 0.3 is 5.97 Å². The maximum absolute atomic E-state index is 12.7. The van der Waals surface area contributed by atoms with Crippen molar-refractivity contribution in [2.75, 3.05) is 16.8 Å². The summed E-state index contributed by atoms with van der Waals surface area (Å²) in [4.78, 5) is 37.7. The number of carbonyl (C=O) groups is 3. The lowest BCUT2D eigenvalue weighted by Gasteiger charge is -2.15. The van der Waals surface area contributed by atoms with E-state index in [1.807, 2.05) is 6.07 Å². The van der Waals surface area contributed by atoms with Crippen LogP contribution in [0.5, 0.6) is 0 Å². The van der Waals surface area contributed by atoms with Crippen molar-refractivity contribution in [3.8, 4) is 0 Å². The summed E-state index contributed by atoms with van der Waals surface area (Å²) >= 11 is 6.07. The van der Waals surface area contributed by atoms with E-state index in [2.05, 4.69) is 5.32 Å². The maximum atomic E-state index is 12.7. The Hall–Kier alpha value is -3.12. The molecule has 2 amide bonds. The van der Waals surface area contributed by atoms with Crippen molar-refractivity contribution in [3.63, 3.8) is 0 Å². The first-order valence-electron chi connectivity index (χ1n) is 7.90. The van der Waals surface area contributed by atoms with Crippen LogP contribution >= 0.6 is 11.6 Å². The lowest BCUT2D eigenvalue weighted by molar-refractivity contribution is -0.120. The average Bonchev–Trinajstić information content (AvgIpc) is 2.86. The predicted molar refractivity (Wildman–Crippen MR) is 97.8 cm³/mol. The van der Waals surface area contributed by atoms with Gasteiger partial charge in [-0.15, -0.1) is 0 Å². The van der Waals surface area contributed by atoms with Crippen molar-refractivity contribution in [3.05, 3.63) is 70.9 Å². The highest BCUT2D eigenvalue weighted by Crippen LogP contribution is 2.30. The van der Waals surface area contributed by atoms with Crippen molar-refractivity contribution in [2.45, 2.75) is 6.92 Å². The largest absolute Gasteiger partial charge is 0.462 e. The van der Waals surface area contributed by atoms with Crippen LogP contribution in [-0.4, -0.2) is 24.4 Å². The Morgan fingerprint density at radius 3 is 2.31 bits per heavy atom. The fraction of sp³-hybridized carbons (Fsp3) is 0.105. The zero-order valence-corrected chi connectivity index (χ0v) is 14.6. The van der Waals surface area contributed by atoms with Gasteiger partial charge in [-0.2, -0.15) is 0 Å². The van der Waals surface area contributed by atoms with Crippen LogP contribution in [0.4, 0.5) is 11.4 Å². The SMILES string of the molecule is CCOC(=O)c1ccc(N2C(=O)C(Cl)=C(Nc3ccccc3)C2=O)cc1. The molecule has 2 aromatic rings. The van der Waals surface area contributed by atoms with Gasteiger partial charge < -0.3 is 10.1 Å². The number of nitrogens with zero attached hydrogens (tertiary/aromatic N) is 1. The van der Waals surface area contributed by atoms with Crippen LogP contribution in [0.25, 0.3) is 0 Å². The fourth-order valence-electron chi connectivity index (χ4n) is 2.47. The Labute approximate surface area is 155 Å². The molecule has 1 heterocycles. The van der Waals surface area contributed by atoms with E-state index < -0.39 is 17.8 Å². The van der Waals surface area contributed by atoms with E-state index in [4.69, 9.17) is 16.3 Å². The number of ether oxygens (including phenoxy) is 1. The smallest absolute Gasteiger partial charge is 0.338 e. The quantitative estimate of drug-likeness (QED) is 0.645. The van der Waals surface area contributed by atoms with Crippen molar-refractivity contribution in [2.24, 2.45) is 0 Å². The van der Waals surface area contributed by atoms with Crippen molar-refractivity contribution in [1.82, 2.24) is 0 Å². The summed E-state index contributed by atoms with van der Waals surface area (Å²) in [5, 5.41) is 2.69. The summed E-state index contributed by atoms with van der Waals surface area (Å²) in [5.41, 5.74) is 1.30. The molecule has 132 valence electrons. The zero-order valence-electron chi connectivity index (χ0n) is 13.9. The summed E-state index contributed by atoms with van der Waals surface area (Å²) < 4.78 is 4.91. The van der Waals surface area contributed by atoms with Gasteiger partial charge in [-0.25, -0.2) is 9.69 Å². The number of halogens is 1. The molecule has 1 aliphatic heterocycles. The van der Waals surface area contributed by atoms with E-state index in [0.29, 0.717) is 16.9 Å². The molecule has 1 aliphatic rings. The number of carbonyl (C=O) groups excluding carboxylic acids is 3. The number of amides is 2. The third-order valence-corrected chi connectivity index (χ3v) is 4.06. The minimum atomic E-state index is -0.626. The Balaban J connectivity index is 1.83. The van der Waals surface area contributed by atoms with Crippen LogP contribution in [0.2, 0.25) is 0 Å². The number of nitrogens with one attached hydrogen (secondary N) is 1. The number of rotatable bonds is 5. The van der Waals surface area contributed by atoms with Crippen LogP contribution in [0, 0.1) is 0 Å². The highest BCUT2D eigenvalue weighted by molar-refractivity contribution is 6.53. The summed E-state index contributed by atoms with van der Waals surface area (Å²) in [5.74, 6) is -1.66. The van der Waals surface area contributed by atoms with Crippen molar-refractivity contribution in [1.29, 1.82) is 0 Å². The van der Waals surface area contributed by atoms with Crippen LogP contribution in [0.15, 0.2) is 65.3 Å². The predicted octanol–water partition coefficient (Wildman–Crippen LogP) is 3.30. The number of benzene rings is 2. The minimum absolute atomic E-state index is 0.0114. The van der Waals surface area contributed by atoms with Gasteiger partial charge in [0.05, 0.1) is 17.9 Å². The van der Waals surface area contributed by atoms with Gasteiger partial charge in [0.25, 0.3) is 11.8 Å². The second-order valence-electron chi connectivity index (χ2n) is 5.39. The van der Waals surface area contributed by atoms with E-state index in [0.717, 1.165) is 4.90 Å². The highest BCUT2D eigenvalue weighted by Gasteiger charge is 2.38. The normalized spacial score (nSPS) is 14.0. The molecular formula is C19H15ClN2O4. The average molecular weight is 371 g/mol. The first-order valence-corrected chi connectivity index (χ1v) is 8.28. The van der Waals surface area contributed by atoms with Crippen molar-refractivity contribution >= 4 is 40.8 Å². The molecule has 0 unspecified atom stereocenters. The molecular weight excluding hydrogens is 356 g/mol. The number of esters is 1. The second-order valence-corrected chi connectivity index (χ2v) is 5.77. The second kappa shape index (κ2) is 7.41. The number of hydrogen-bond acceptors (Lipinski definition) is 5. The molecule has 1 N–H and O–H groups in total. The monoisotopic (exact) mass is 370 g/mol. The Morgan fingerprint density at radius 2 is 1.69 bits per heavy atom. The van der Waals surface area contributed by atoms with Gasteiger partial charge in [0.15, 0.2) is 0 Å². The lowest BCUT2D eigenvalue weighted by atomic mass is 10.2. The Kier molecular flexibility index (Phi) is 5.04. The van der Waals surface area contributed by atoms with Crippen LogP contribution in [-0.2, 0) is 14.3 Å². The van der Waals surface area contributed by atoms with Crippen LogP contribution in [0.3, 0.4) is 0 Å². The zero-order chi connectivity index (χ0) is 18.7. The lowest BCUT2D eigenvalue weighted by Crippen LogP contribution is -2.32. The van der Waals surface area contributed by atoms with Gasteiger partial charge in [-0.1, -0.05) is 29.8 Å². The van der Waals surface area contributed by atoms with Gasteiger partial charge in [0, 0.05) is 5.69 Å². The van der Waals surface area contributed by atoms with E-state index in [1.54, 1.807) is 31.2 Å². The van der Waals surface area contributed by atoms with E-state index in [9.17, 15) is 14.4 Å². The maximum Gasteiger partial charge on any atom is 0.338 e. The molecule has 0 bridgehead atoms. The van der Waals surface area contributed by atoms with Crippen LogP contribution < -0.4 is 10.2 Å². The fourth-order valence-corrected chi connectivity index (χ4v) is 2.69. The summed E-state index contributed by atoms with van der Waals surface area (Å²) in [6.45, 7) is 1.97. The van der Waals surface area contributed by atoms with E-state index >= 15 is 0 Å². The van der Waals surface area contributed by atoms with E-state index in [-0.39, 0.29) is 17.3 Å². The van der Waals surface area contributed by atoms with Crippen molar-refractivity contribution < 1.29 is 19.1 Å². The minimum Gasteiger partial charge on any atom is -0.462 e. The van der Waals surface area contributed by atoms with Crippen LogP contribution in [0.1, 0.15) is 17.3 Å². The molecule has 3 rings (SSSR count). The standard InChI is InChI=1S/C19H15ClN2O4/c1-2-26-19(25)12-8-10-14(11-9-12)22-17(23)15(20)16(18(22)24)21-13-6-4-3-5-7-13/h3-11,21H,2H2,1H3. The molecule has 0 atom stereocenters. The first-order chi connectivity index (χ1) is 12.5. The number of imide groups is 1. The highest BCUT2D eigenvalue weighted by atomic mass is 35.5. The molecule has 7 heteroatoms. The third kappa shape index (κ3) is 3.32. The first kappa shape index (κ1) is 17.7. The van der Waals surface area contributed by atoms with Gasteiger partial charge in [0.2, 0.25) is 0 Å². The number of para-hydroxylation sites is 1. The summed E-state index contributed by atoms with van der Waals surface area (Å²) in [6, 6.07) is 14.9. The van der Waals surface area contributed by atoms with Gasteiger partial charge in [-0.05, 0) is 43.3 Å². The summed E-state index contributed by atoms with van der Waals surface area (Å²) in [6.07, 6.45) is 0. The molecule has 0 fully saturated rings. The van der Waals surface area contributed by atoms with E-state index in [1.165, 1.54) is 24.3 Å². The summed E-state index contributed by atoms with van der Waals surface area (Å²) in [7, 11) is 0. The number of anilines is 2. The molecule has 6 nitrogen and oxygen atoms in total. The Morgan fingerprint density at radius 1 is 1.04 bits per heavy atom. The molecule has 0 saturated carbocycles. The topological polar surface area (TPSA) is 75.7 Å². The van der Waals surface area contributed by atoms with Gasteiger partial charge in [0.1, 0.15) is 10.7 Å². The molecule has 0 aromatic heterocycles. The molecule has 0 spiro atoms. The molecule has 2 aromatic carbocycles. The molecule has 0 saturated heterocycles. The molecule has 0 radical (unpaired) electrons. The third-order valence-electron chi connectivity index (χ3n) is 3.71. The molecule has 26 heavy (non-hydrogen) atoms. The Bertz CT molecular complexity index is 892. The van der Waals surface area contributed by atoms with Gasteiger partial charge in [-0.3, -0.25) is 9.59 Å².